The van der Waals surface area contributed by atoms with Gasteiger partial charge in [-0.25, -0.2) is 8.42 Å². The average Bonchev–Trinajstić information content (AvgIpc) is 2.77. The van der Waals surface area contributed by atoms with E-state index in [1.54, 1.807) is 41.0 Å². The van der Waals surface area contributed by atoms with E-state index in [-0.39, 0.29) is 23.9 Å². The van der Waals surface area contributed by atoms with Gasteiger partial charge in [0.05, 0.1) is 17.0 Å². The van der Waals surface area contributed by atoms with Gasteiger partial charge in [-0.3, -0.25) is 4.79 Å². The summed E-state index contributed by atoms with van der Waals surface area (Å²) < 4.78 is 65.6. The van der Waals surface area contributed by atoms with Crippen LogP contribution in [0.5, 0.6) is 0 Å². The van der Waals surface area contributed by atoms with E-state index < -0.39 is 21.8 Å². The number of hydrogen-bond donors (Lipinski definition) is 0. The van der Waals surface area contributed by atoms with Crippen molar-refractivity contribution >= 4 is 21.6 Å². The SMILES string of the molecule is CCN(CC(=O)N1CCN(c2cccc(C(F)(F)F)c2)CC1)S(=O)(=O)c1ccccc1. The van der Waals surface area contributed by atoms with Crippen LogP contribution in [-0.4, -0.2) is 62.8 Å². The smallest absolute Gasteiger partial charge is 0.368 e. The first-order valence-corrected chi connectivity index (χ1v) is 11.3. The second kappa shape index (κ2) is 9.27. The van der Waals surface area contributed by atoms with Crippen LogP contribution in [0.3, 0.4) is 0 Å². The van der Waals surface area contributed by atoms with Gasteiger partial charge in [-0.2, -0.15) is 17.5 Å². The van der Waals surface area contributed by atoms with Crippen LogP contribution in [-0.2, 0) is 21.0 Å². The van der Waals surface area contributed by atoms with Gasteiger partial charge in [0.15, 0.2) is 0 Å². The minimum absolute atomic E-state index is 0.124. The lowest BCUT2D eigenvalue weighted by atomic mass is 10.1. The number of halogens is 3. The quantitative estimate of drug-likeness (QED) is 0.672. The number of sulfonamides is 1. The zero-order valence-electron chi connectivity index (χ0n) is 17.0. The van der Waals surface area contributed by atoms with Crippen LogP contribution in [0.15, 0.2) is 59.5 Å². The molecule has 168 valence electrons. The fourth-order valence-corrected chi connectivity index (χ4v) is 4.87. The fourth-order valence-electron chi connectivity index (χ4n) is 3.45. The Bertz CT molecular complexity index is 1010. The van der Waals surface area contributed by atoms with Gasteiger partial charge in [0, 0.05) is 38.4 Å². The molecule has 0 spiro atoms. The molecule has 1 saturated heterocycles. The second-order valence-electron chi connectivity index (χ2n) is 7.16. The normalized spacial score (nSPS) is 15.4. The molecule has 6 nitrogen and oxygen atoms in total. The number of carbonyl (C=O) groups excluding carboxylic acids is 1. The molecule has 1 fully saturated rings. The van der Waals surface area contributed by atoms with Gasteiger partial charge in [-0.15, -0.1) is 0 Å². The topological polar surface area (TPSA) is 60.9 Å². The molecule has 1 amide bonds. The minimum Gasteiger partial charge on any atom is -0.368 e. The van der Waals surface area contributed by atoms with E-state index >= 15 is 0 Å². The van der Waals surface area contributed by atoms with Gasteiger partial charge in [-0.1, -0.05) is 31.2 Å². The van der Waals surface area contributed by atoms with Gasteiger partial charge < -0.3 is 9.80 Å². The molecule has 1 heterocycles. The second-order valence-corrected chi connectivity index (χ2v) is 9.10. The first kappa shape index (κ1) is 23.1. The van der Waals surface area contributed by atoms with Crippen molar-refractivity contribution in [3.8, 4) is 0 Å². The number of nitrogens with zero attached hydrogens (tertiary/aromatic N) is 3. The number of amides is 1. The standard InChI is InChI=1S/C21H24F3N3O3S/c1-2-27(31(29,30)19-9-4-3-5-10-19)16-20(28)26-13-11-25(12-14-26)18-8-6-7-17(15-18)21(22,23)24/h3-10,15H,2,11-14,16H2,1H3. The number of rotatable bonds is 6. The maximum absolute atomic E-state index is 13.0. The first-order valence-electron chi connectivity index (χ1n) is 9.88. The third-order valence-corrected chi connectivity index (χ3v) is 7.15. The summed E-state index contributed by atoms with van der Waals surface area (Å²) in [5.41, 5.74) is -0.267. The van der Waals surface area contributed by atoms with E-state index in [1.165, 1.54) is 18.2 Å². The summed E-state index contributed by atoms with van der Waals surface area (Å²) in [6.07, 6.45) is -4.42. The van der Waals surface area contributed by atoms with Gasteiger partial charge in [0.25, 0.3) is 0 Å². The predicted molar refractivity (Wildman–Crippen MR) is 111 cm³/mol. The molecule has 0 saturated carbocycles. The fraction of sp³-hybridized carbons (Fsp3) is 0.381. The Hall–Kier alpha value is -2.59. The van der Waals surface area contributed by atoms with E-state index in [0.29, 0.717) is 31.9 Å². The van der Waals surface area contributed by atoms with Crippen molar-refractivity contribution in [2.24, 2.45) is 0 Å². The van der Waals surface area contributed by atoms with E-state index in [4.69, 9.17) is 0 Å². The number of benzene rings is 2. The van der Waals surface area contributed by atoms with Crippen molar-refractivity contribution in [1.82, 2.24) is 9.21 Å². The summed E-state index contributed by atoms with van der Waals surface area (Å²) in [6, 6.07) is 13.0. The minimum atomic E-state index is -4.42. The molecule has 0 aromatic heterocycles. The monoisotopic (exact) mass is 455 g/mol. The molecule has 10 heteroatoms. The molecule has 0 unspecified atom stereocenters. The zero-order chi connectivity index (χ0) is 22.6. The number of anilines is 1. The molecular weight excluding hydrogens is 431 g/mol. The molecule has 2 aromatic carbocycles. The Morgan fingerprint density at radius 1 is 1.00 bits per heavy atom. The van der Waals surface area contributed by atoms with Gasteiger partial charge in [-0.05, 0) is 30.3 Å². The molecule has 3 rings (SSSR count). The molecule has 2 aromatic rings. The Balaban J connectivity index is 1.62. The van der Waals surface area contributed by atoms with Crippen LogP contribution in [0.25, 0.3) is 0 Å². The van der Waals surface area contributed by atoms with E-state index in [2.05, 4.69) is 0 Å². The molecule has 0 radical (unpaired) electrons. The molecule has 0 atom stereocenters. The molecule has 1 aliphatic rings. The zero-order valence-corrected chi connectivity index (χ0v) is 17.9. The van der Waals surface area contributed by atoms with Crippen molar-refractivity contribution < 1.29 is 26.4 Å². The summed E-state index contributed by atoms with van der Waals surface area (Å²) >= 11 is 0. The molecule has 0 N–H and O–H groups in total. The van der Waals surface area contributed by atoms with Crippen LogP contribution >= 0.6 is 0 Å². The maximum Gasteiger partial charge on any atom is 0.416 e. The van der Waals surface area contributed by atoms with Crippen molar-refractivity contribution in [2.75, 3.05) is 44.2 Å². The number of piperazine rings is 1. The Labute approximate surface area is 179 Å². The number of hydrogen-bond acceptors (Lipinski definition) is 4. The first-order chi connectivity index (χ1) is 14.6. The molecule has 0 aliphatic carbocycles. The third kappa shape index (κ3) is 5.37. The summed E-state index contributed by atoms with van der Waals surface area (Å²) in [7, 11) is -3.79. The van der Waals surface area contributed by atoms with Crippen LogP contribution in [0, 0.1) is 0 Å². The van der Waals surface area contributed by atoms with E-state index in [1.807, 2.05) is 0 Å². The van der Waals surface area contributed by atoms with Gasteiger partial charge in [0.2, 0.25) is 15.9 Å². The third-order valence-electron chi connectivity index (χ3n) is 5.22. The van der Waals surface area contributed by atoms with Crippen molar-refractivity contribution in [2.45, 2.75) is 18.0 Å². The Morgan fingerprint density at radius 3 is 2.23 bits per heavy atom. The highest BCUT2D eigenvalue weighted by Gasteiger charge is 2.32. The summed E-state index contributed by atoms with van der Waals surface area (Å²) in [5, 5.41) is 0. The van der Waals surface area contributed by atoms with Crippen LogP contribution in [0.2, 0.25) is 0 Å². The number of carbonyl (C=O) groups is 1. The maximum atomic E-state index is 13.0. The summed E-state index contributed by atoms with van der Waals surface area (Å²) in [4.78, 5) is 16.2. The van der Waals surface area contributed by atoms with Crippen LogP contribution in [0.1, 0.15) is 12.5 Å². The average molecular weight is 456 g/mol. The number of alkyl halides is 3. The highest BCUT2D eigenvalue weighted by Crippen LogP contribution is 2.31. The van der Waals surface area contributed by atoms with Crippen molar-refractivity contribution in [1.29, 1.82) is 0 Å². The summed E-state index contributed by atoms with van der Waals surface area (Å²) in [5.74, 6) is -0.329. The highest BCUT2D eigenvalue weighted by atomic mass is 32.2. The predicted octanol–water partition coefficient (Wildman–Crippen LogP) is 3.06. The van der Waals surface area contributed by atoms with Gasteiger partial charge in [0.1, 0.15) is 0 Å². The molecular formula is C21H24F3N3O3S. The van der Waals surface area contributed by atoms with E-state index in [0.717, 1.165) is 16.4 Å². The van der Waals surface area contributed by atoms with Gasteiger partial charge >= 0.3 is 6.18 Å². The van der Waals surface area contributed by atoms with Crippen molar-refractivity contribution in [3.63, 3.8) is 0 Å². The Kier molecular flexibility index (Phi) is 6.90. The van der Waals surface area contributed by atoms with Crippen molar-refractivity contribution in [3.05, 3.63) is 60.2 Å². The lowest BCUT2D eigenvalue weighted by Crippen LogP contribution is -2.51. The van der Waals surface area contributed by atoms with Crippen LogP contribution in [0.4, 0.5) is 18.9 Å². The largest absolute Gasteiger partial charge is 0.416 e. The molecule has 1 aliphatic heterocycles. The lowest BCUT2D eigenvalue weighted by Gasteiger charge is -2.37. The molecule has 31 heavy (non-hydrogen) atoms. The molecule has 0 bridgehead atoms. The summed E-state index contributed by atoms with van der Waals surface area (Å²) in [6.45, 7) is 2.87. The Morgan fingerprint density at radius 2 is 1.65 bits per heavy atom. The highest BCUT2D eigenvalue weighted by molar-refractivity contribution is 7.89. The van der Waals surface area contributed by atoms with Crippen LogP contribution < -0.4 is 4.90 Å². The lowest BCUT2D eigenvalue weighted by molar-refractivity contribution is -0.137. The van der Waals surface area contributed by atoms with E-state index in [9.17, 15) is 26.4 Å². The number of likely N-dealkylation sites (N-methyl/N-ethyl adjacent to an activating group) is 1.